The fraction of sp³-hybridized carbons (Fsp3) is 0.372. The highest BCUT2D eigenvalue weighted by Crippen LogP contribution is 2.37. The van der Waals surface area contributed by atoms with Crippen LogP contribution < -0.4 is 15.7 Å². The summed E-state index contributed by atoms with van der Waals surface area (Å²) in [5.41, 5.74) is 2.70. The molecule has 320 valence electrons. The molecule has 17 nitrogen and oxygen atoms in total. The van der Waals surface area contributed by atoms with E-state index in [1.807, 2.05) is 39.8 Å². The Labute approximate surface area is 353 Å². The first kappa shape index (κ1) is 44.2. The number of hydrogen-bond acceptors (Lipinski definition) is 13. The Hall–Kier alpha value is -6.37. The molecule has 2 aromatic heterocycles. The Morgan fingerprint density at radius 1 is 0.902 bits per heavy atom. The predicted octanol–water partition coefficient (Wildman–Crippen LogP) is 4.06. The number of amides is 2. The van der Waals surface area contributed by atoms with Crippen LogP contribution in [0.2, 0.25) is 5.82 Å². The maximum absolute atomic E-state index is 13.5. The van der Waals surface area contributed by atoms with Gasteiger partial charge >= 0.3 is 18.9 Å². The second-order valence-corrected chi connectivity index (χ2v) is 16.0. The van der Waals surface area contributed by atoms with Crippen molar-refractivity contribution in [2.75, 3.05) is 26.2 Å². The molecule has 0 spiro atoms. The van der Waals surface area contributed by atoms with Gasteiger partial charge in [-0.25, -0.2) is 24.2 Å². The lowest BCUT2D eigenvalue weighted by atomic mass is 9.66. The average Bonchev–Trinajstić information content (AvgIpc) is 3.61. The van der Waals surface area contributed by atoms with Crippen molar-refractivity contribution in [3.63, 3.8) is 0 Å². The maximum atomic E-state index is 13.5. The number of aromatic nitrogens is 5. The van der Waals surface area contributed by atoms with Crippen LogP contribution >= 0.6 is 0 Å². The Kier molecular flexibility index (Phi) is 14.3. The van der Waals surface area contributed by atoms with Gasteiger partial charge in [-0.2, -0.15) is 5.10 Å². The molecule has 6 N–H and O–H groups in total. The van der Waals surface area contributed by atoms with Gasteiger partial charge < -0.3 is 35.2 Å². The number of hydrogen-bond donors (Lipinski definition) is 6. The molecule has 0 radical (unpaired) electrons. The number of rotatable bonds is 16. The van der Waals surface area contributed by atoms with Crippen LogP contribution in [0.3, 0.4) is 0 Å². The Morgan fingerprint density at radius 2 is 1.59 bits per heavy atom. The van der Waals surface area contributed by atoms with Gasteiger partial charge in [0.1, 0.15) is 22.9 Å². The number of aromatic amines is 1. The number of piperazine rings is 1. The number of H-pyrrole nitrogens is 1. The first-order chi connectivity index (χ1) is 29.2. The molecule has 3 heterocycles. The Bertz CT molecular complexity index is 2340. The minimum Gasteiger partial charge on any atom is -0.508 e. The highest BCUT2D eigenvalue weighted by atomic mass is 16.6. The number of benzene rings is 3. The summed E-state index contributed by atoms with van der Waals surface area (Å²) in [6.07, 6.45) is 3.95. The number of ether oxygens (including phenoxy) is 1. The van der Waals surface area contributed by atoms with Gasteiger partial charge in [-0.3, -0.25) is 19.5 Å². The largest absolute Gasteiger partial charge is 0.508 e. The van der Waals surface area contributed by atoms with Crippen LogP contribution in [-0.2, 0) is 17.8 Å². The van der Waals surface area contributed by atoms with Crippen LogP contribution in [0.5, 0.6) is 17.2 Å². The third-order valence-corrected chi connectivity index (χ3v) is 10.6. The number of ketones is 1. The lowest BCUT2D eigenvalue weighted by Gasteiger charge is -2.34. The molecule has 1 aliphatic rings. The molecule has 3 aromatic carbocycles. The summed E-state index contributed by atoms with van der Waals surface area (Å²) in [5, 5.41) is 50.2. The summed E-state index contributed by atoms with van der Waals surface area (Å²) in [6, 6.07) is 16.0. The number of nitrogens with one attached hydrogen (secondary N) is 2. The van der Waals surface area contributed by atoms with Crippen LogP contribution in [-0.4, -0.2) is 112 Å². The predicted molar refractivity (Wildman–Crippen MR) is 226 cm³/mol. The smallest absolute Gasteiger partial charge is 0.455 e. The third-order valence-electron chi connectivity index (χ3n) is 10.6. The van der Waals surface area contributed by atoms with E-state index in [1.165, 1.54) is 29.2 Å². The molecule has 1 saturated heterocycles. The molecule has 2 atom stereocenters. The first-order valence-electron chi connectivity index (χ1n) is 20.2. The molecule has 1 aliphatic heterocycles. The minimum atomic E-state index is -1.69. The number of carbonyl (C=O) groups excluding carboxylic acids is 3. The van der Waals surface area contributed by atoms with E-state index < -0.39 is 36.7 Å². The second-order valence-electron chi connectivity index (χ2n) is 16.0. The topological polar surface area (TPSA) is 236 Å². The zero-order chi connectivity index (χ0) is 43.8. The minimum absolute atomic E-state index is 0.0285. The second kappa shape index (κ2) is 19.8. The van der Waals surface area contributed by atoms with Gasteiger partial charge in [-0.1, -0.05) is 52.0 Å². The number of nitrogens with zero attached hydrogens (tertiary/aromatic N) is 6. The molecule has 1 unspecified atom stereocenters. The highest BCUT2D eigenvalue weighted by molar-refractivity contribution is 6.43. The number of carbonyl (C=O) groups is 3. The lowest BCUT2D eigenvalue weighted by Crippen LogP contribution is -2.49. The molecule has 2 amide bonds. The molecule has 1 fully saturated rings. The van der Waals surface area contributed by atoms with E-state index in [-0.39, 0.29) is 53.5 Å². The number of phenols is 2. The summed E-state index contributed by atoms with van der Waals surface area (Å²) in [6.45, 7) is 10.4. The normalized spacial score (nSPS) is 14.2. The van der Waals surface area contributed by atoms with E-state index in [0.29, 0.717) is 67.3 Å². The van der Waals surface area contributed by atoms with Crippen molar-refractivity contribution in [1.29, 1.82) is 0 Å². The molecule has 61 heavy (non-hydrogen) atoms. The summed E-state index contributed by atoms with van der Waals surface area (Å²) in [5.74, 6) is -1.29. The number of Topliss-reactive ketones (excluding diaryl/α,β-unsaturated/α-hetero) is 1. The van der Waals surface area contributed by atoms with Gasteiger partial charge in [0.05, 0.1) is 23.5 Å². The van der Waals surface area contributed by atoms with Gasteiger partial charge in [0, 0.05) is 63.4 Å². The molecule has 5 aromatic rings. The Morgan fingerprint density at radius 3 is 2.21 bits per heavy atom. The number of phenolic OH excluding ortho intramolecular Hbond substituents is 2. The van der Waals surface area contributed by atoms with Gasteiger partial charge in [0.25, 0.3) is 5.91 Å². The standard InChI is InChI=1S/C43H51BN8O9/c1-26(2)19-30(44(59)60)21-39(55)35(47-41(56)36-24-45-13-14-46-36)20-28-7-11-32(12-8-28)61-43(58)51-17-15-50(16-18-51)25-29-5-9-31(10-6-29)52-40(48-49-42(52)57)34-22-33(27(3)4)37(53)23-38(34)54/h5-14,22-24,26-27,30,35,53-54,59-60H,15-21,25H2,1-4H3,(H,47,56)(H,49,57)/t30-,35?/m1/s1. The maximum Gasteiger partial charge on any atom is 0.455 e. The van der Waals surface area contributed by atoms with Crippen LogP contribution in [0, 0.1) is 5.92 Å². The van der Waals surface area contributed by atoms with E-state index in [0.717, 1.165) is 5.56 Å². The van der Waals surface area contributed by atoms with Crippen LogP contribution in [0.15, 0.2) is 84.0 Å². The van der Waals surface area contributed by atoms with E-state index in [1.54, 1.807) is 47.4 Å². The molecular formula is C43H51BN8O9. The van der Waals surface area contributed by atoms with Crippen molar-refractivity contribution in [3.05, 3.63) is 112 Å². The fourth-order valence-electron chi connectivity index (χ4n) is 7.36. The van der Waals surface area contributed by atoms with Gasteiger partial charge in [0.15, 0.2) is 11.6 Å². The van der Waals surface area contributed by atoms with Gasteiger partial charge in [-0.05, 0) is 71.7 Å². The van der Waals surface area contributed by atoms with Crippen molar-refractivity contribution in [1.82, 2.24) is 39.8 Å². The van der Waals surface area contributed by atoms with Crippen LogP contribution in [0.25, 0.3) is 17.1 Å². The highest BCUT2D eigenvalue weighted by Gasteiger charge is 2.31. The molecule has 0 bridgehead atoms. The zero-order valence-electron chi connectivity index (χ0n) is 34.6. The quantitative estimate of drug-likeness (QED) is 0.0771. The number of aromatic hydroxyl groups is 2. The van der Waals surface area contributed by atoms with Crippen LogP contribution in [0.4, 0.5) is 4.79 Å². The zero-order valence-corrected chi connectivity index (χ0v) is 34.6. The molecule has 18 heteroatoms. The average molecular weight is 835 g/mol. The van der Waals surface area contributed by atoms with Crippen molar-refractivity contribution < 1.29 is 39.4 Å². The van der Waals surface area contributed by atoms with Gasteiger partial charge in [0.2, 0.25) is 0 Å². The molecule has 0 aliphatic carbocycles. The Balaban J connectivity index is 1.03. The van der Waals surface area contributed by atoms with Gasteiger partial charge in [-0.15, -0.1) is 0 Å². The van der Waals surface area contributed by atoms with Crippen LogP contribution in [0.1, 0.15) is 73.6 Å². The van der Waals surface area contributed by atoms with Crippen molar-refractivity contribution >= 4 is 24.9 Å². The molecule has 0 saturated carbocycles. The summed E-state index contributed by atoms with van der Waals surface area (Å²) in [4.78, 5) is 64.3. The molecular weight excluding hydrogens is 783 g/mol. The van der Waals surface area contributed by atoms with Crippen molar-refractivity contribution in [2.24, 2.45) is 5.92 Å². The lowest BCUT2D eigenvalue weighted by molar-refractivity contribution is -0.121. The van der Waals surface area contributed by atoms with Crippen molar-refractivity contribution in [3.8, 4) is 34.3 Å². The third kappa shape index (κ3) is 11.3. The monoisotopic (exact) mass is 834 g/mol. The van der Waals surface area contributed by atoms with Crippen molar-refractivity contribution in [2.45, 2.75) is 71.3 Å². The van der Waals surface area contributed by atoms with E-state index in [4.69, 9.17) is 4.74 Å². The first-order valence-corrected chi connectivity index (χ1v) is 20.2. The SMILES string of the molecule is CC(C)C[C@H](CC(=O)C(Cc1ccc(OC(=O)N2CCN(Cc3ccc(-n4c(-c5cc(C(C)C)c(O)cc5O)n[nH]c4=O)cc3)CC2)cc1)NC(=O)c1cnccn1)B(O)O. The van der Waals surface area contributed by atoms with E-state index in [9.17, 15) is 39.4 Å². The van der Waals surface area contributed by atoms with E-state index in [2.05, 4.69) is 30.4 Å². The summed E-state index contributed by atoms with van der Waals surface area (Å²) < 4.78 is 7.05. The summed E-state index contributed by atoms with van der Waals surface area (Å²) in [7, 11) is -1.69. The molecule has 6 rings (SSSR count). The fourth-order valence-corrected chi connectivity index (χ4v) is 7.36. The van der Waals surface area contributed by atoms with E-state index >= 15 is 0 Å². The summed E-state index contributed by atoms with van der Waals surface area (Å²) >= 11 is 0.